The smallest absolute Gasteiger partial charge is 0.744 e. The number of hydrogen-bond acceptors (Lipinski definition) is 8. The molecule has 2 aromatic carbocycles. The fraction of sp³-hybridized carbons (Fsp3) is 0.200. The number of aromatic hydroxyl groups is 2. The molecule has 0 bridgehead atoms. The van der Waals surface area contributed by atoms with Gasteiger partial charge in [-0.2, -0.15) is 0 Å². The molecule has 0 amide bonds. The molecule has 2 N–H and O–H groups in total. The van der Waals surface area contributed by atoms with Crippen LogP contribution in [0.15, 0.2) is 34.1 Å². The minimum atomic E-state index is -4.95. The Balaban J connectivity index is 0.00000338. The van der Waals surface area contributed by atoms with E-state index in [1.165, 1.54) is 26.0 Å². The van der Waals surface area contributed by atoms with Crippen molar-refractivity contribution in [3.63, 3.8) is 0 Å². The molecule has 0 saturated heterocycles. The predicted molar refractivity (Wildman–Crippen MR) is 90.2 cm³/mol. The number of phenolic OH excluding ortho intramolecular Hbond substituents is 2. The summed E-state index contributed by atoms with van der Waals surface area (Å²) in [5.41, 5.74) is 0.398. The van der Waals surface area contributed by atoms with Crippen LogP contribution in [0.25, 0.3) is 0 Å². The average molecular weight is 524 g/mol. The van der Waals surface area contributed by atoms with Gasteiger partial charge in [0.25, 0.3) is 0 Å². The van der Waals surface area contributed by atoms with E-state index in [0.717, 1.165) is 12.1 Å². The van der Waals surface area contributed by atoms with Crippen molar-refractivity contribution in [3.05, 3.63) is 46.5 Å². The molecule has 2 aromatic rings. The molecule has 0 fully saturated rings. The van der Waals surface area contributed by atoms with Crippen molar-refractivity contribution >= 4 is 69.1 Å². The Kier molecular flexibility index (Phi) is 7.41. The van der Waals surface area contributed by atoms with E-state index in [-0.39, 0.29) is 77.6 Å². The first-order valence-electron chi connectivity index (χ1n) is 6.87. The van der Waals surface area contributed by atoms with E-state index in [0.29, 0.717) is 0 Å². The Morgan fingerprint density at radius 2 is 1.08 bits per heavy atom. The molecule has 0 heterocycles. The van der Waals surface area contributed by atoms with Crippen LogP contribution < -0.4 is 0 Å². The second-order valence-corrected chi connectivity index (χ2v) is 8.27. The minimum Gasteiger partial charge on any atom is -0.744 e. The Bertz CT molecular complexity index is 974. The summed E-state index contributed by atoms with van der Waals surface area (Å²) in [5.74, 6) is -0.812. The van der Waals surface area contributed by atoms with Crippen molar-refractivity contribution in [2.45, 2.75) is 30.1 Å². The molecule has 0 saturated carbocycles. The monoisotopic (exact) mass is 524 g/mol. The number of aryl methyl sites for hydroxylation is 2. The summed E-state index contributed by atoms with van der Waals surface area (Å²) in [6.45, 7) is 2.93. The summed E-state index contributed by atoms with van der Waals surface area (Å²) in [5, 5.41) is 19.3. The summed E-state index contributed by atoms with van der Waals surface area (Å²) in [4.78, 5) is -1.42. The van der Waals surface area contributed by atoms with Gasteiger partial charge in [0.05, 0.1) is 9.79 Å². The van der Waals surface area contributed by atoms with E-state index < -0.39 is 41.5 Å². The zero-order valence-electron chi connectivity index (χ0n) is 13.9. The molecular formula is C15H14BaO8S2. The number of rotatable bonds is 4. The topological polar surface area (TPSA) is 155 Å². The molecule has 0 aliphatic rings. The van der Waals surface area contributed by atoms with Gasteiger partial charge in [-0.05, 0) is 54.7 Å². The minimum absolute atomic E-state index is 0. The fourth-order valence-electron chi connectivity index (χ4n) is 2.42. The van der Waals surface area contributed by atoms with Crippen molar-refractivity contribution in [3.8, 4) is 11.5 Å². The molecule has 26 heavy (non-hydrogen) atoms. The number of phenols is 2. The van der Waals surface area contributed by atoms with Crippen molar-refractivity contribution in [1.29, 1.82) is 0 Å². The van der Waals surface area contributed by atoms with E-state index in [2.05, 4.69) is 0 Å². The predicted octanol–water partition coefficient (Wildman–Crippen LogP) is 0.733. The molecule has 11 heteroatoms. The summed E-state index contributed by atoms with van der Waals surface area (Å²) in [6, 6.07) is 4.02. The summed E-state index contributed by atoms with van der Waals surface area (Å²) >= 11 is 0. The van der Waals surface area contributed by atoms with Gasteiger partial charge < -0.3 is 19.3 Å². The van der Waals surface area contributed by atoms with E-state index in [1.54, 1.807) is 0 Å². The Hall–Kier alpha value is -0.569. The van der Waals surface area contributed by atoms with Gasteiger partial charge in [-0.1, -0.05) is 12.1 Å². The molecule has 0 spiro atoms. The van der Waals surface area contributed by atoms with Gasteiger partial charge in [-0.15, -0.1) is 0 Å². The van der Waals surface area contributed by atoms with Crippen LogP contribution in [0.4, 0.5) is 0 Å². The van der Waals surface area contributed by atoms with Gasteiger partial charge in [0.1, 0.15) is 31.7 Å². The third-order valence-electron chi connectivity index (χ3n) is 3.68. The number of benzene rings is 2. The molecule has 0 radical (unpaired) electrons. The summed E-state index contributed by atoms with van der Waals surface area (Å²) < 4.78 is 68.5. The van der Waals surface area contributed by atoms with Gasteiger partial charge in [0.2, 0.25) is 0 Å². The van der Waals surface area contributed by atoms with Crippen LogP contribution >= 0.6 is 0 Å². The summed E-state index contributed by atoms with van der Waals surface area (Å²) in [7, 11) is -9.89. The molecule has 136 valence electrons. The van der Waals surface area contributed by atoms with E-state index in [9.17, 15) is 36.2 Å². The zero-order chi connectivity index (χ0) is 19.2. The average Bonchev–Trinajstić information content (AvgIpc) is 2.43. The Morgan fingerprint density at radius 1 is 0.769 bits per heavy atom. The van der Waals surface area contributed by atoms with Crippen LogP contribution in [-0.2, 0) is 26.7 Å². The summed E-state index contributed by atoms with van der Waals surface area (Å²) in [6.07, 6.45) is -0.365. The third kappa shape index (κ3) is 5.24. The van der Waals surface area contributed by atoms with Crippen molar-refractivity contribution in [2.75, 3.05) is 0 Å². The molecule has 0 aliphatic carbocycles. The molecule has 0 unspecified atom stereocenters. The normalized spacial score (nSPS) is 11.8. The van der Waals surface area contributed by atoms with Crippen molar-refractivity contribution in [1.82, 2.24) is 0 Å². The van der Waals surface area contributed by atoms with Gasteiger partial charge in [0, 0.05) is 0 Å². The molecule has 0 aliphatic heterocycles. The maximum Gasteiger partial charge on any atom is 2.00 e. The van der Waals surface area contributed by atoms with Crippen LogP contribution in [0, 0.1) is 13.8 Å². The van der Waals surface area contributed by atoms with E-state index >= 15 is 0 Å². The Labute approximate surface area is 191 Å². The van der Waals surface area contributed by atoms with Gasteiger partial charge in [-0.3, -0.25) is 0 Å². The first-order valence-corrected chi connectivity index (χ1v) is 9.69. The first kappa shape index (κ1) is 23.5. The van der Waals surface area contributed by atoms with Crippen LogP contribution in [0.2, 0.25) is 0 Å². The quantitative estimate of drug-likeness (QED) is 0.439. The second-order valence-electron chi connectivity index (χ2n) is 5.58. The standard InChI is InChI=1S/C15H16O8S2.Ba/c1-8-3-10(14(6-12(8)16)24(18,19)20)5-11-4-9(2)13(17)7-15(11)25(21,22)23;/h3-4,6-7,16-17H,5H2,1-2H3,(H,18,19,20)(H,21,22,23);/q;+2/p-2. The molecule has 8 nitrogen and oxygen atoms in total. The van der Waals surface area contributed by atoms with Gasteiger partial charge in [0.15, 0.2) is 0 Å². The maximum atomic E-state index is 11.4. The maximum absolute atomic E-state index is 11.4. The largest absolute Gasteiger partial charge is 2.00 e. The first-order chi connectivity index (χ1) is 11.3. The van der Waals surface area contributed by atoms with Crippen LogP contribution in [-0.4, -0.2) is 85.0 Å². The second kappa shape index (κ2) is 8.21. The molecule has 2 rings (SSSR count). The van der Waals surface area contributed by atoms with Crippen LogP contribution in [0.3, 0.4) is 0 Å². The SMILES string of the molecule is Cc1cc(Cc2cc(C)c(O)cc2S(=O)(=O)[O-])c(S(=O)(=O)[O-])cc1O.[Ba+2]. The van der Waals surface area contributed by atoms with Crippen molar-refractivity contribution in [2.24, 2.45) is 0 Å². The molecule has 0 atom stereocenters. The third-order valence-corrected chi connectivity index (χ3v) is 5.52. The van der Waals surface area contributed by atoms with Crippen LogP contribution in [0.1, 0.15) is 22.3 Å². The Morgan fingerprint density at radius 3 is 1.35 bits per heavy atom. The van der Waals surface area contributed by atoms with Gasteiger partial charge >= 0.3 is 48.9 Å². The van der Waals surface area contributed by atoms with Crippen LogP contribution in [0.5, 0.6) is 11.5 Å². The van der Waals surface area contributed by atoms with Gasteiger partial charge in [-0.25, -0.2) is 16.8 Å². The molecular weight excluding hydrogens is 510 g/mol. The number of hydrogen-bond donors (Lipinski definition) is 2. The van der Waals surface area contributed by atoms with E-state index in [1.807, 2.05) is 0 Å². The zero-order valence-corrected chi connectivity index (χ0v) is 20.0. The fourth-order valence-corrected chi connectivity index (χ4v) is 3.84. The van der Waals surface area contributed by atoms with Crippen molar-refractivity contribution < 1.29 is 36.2 Å². The van der Waals surface area contributed by atoms with E-state index in [4.69, 9.17) is 0 Å². The molecule has 0 aromatic heterocycles.